The molecule has 21 aromatic carbocycles. The van der Waals surface area contributed by atoms with E-state index in [0.717, 1.165) is 102 Å². The number of anilines is 15. The molecule has 0 saturated carbocycles. The Morgan fingerprint density at radius 1 is 0.135 bits per heavy atom. The summed E-state index contributed by atoms with van der Waals surface area (Å²) < 4.78 is 0. The van der Waals surface area contributed by atoms with Crippen LogP contribution in [-0.4, -0.2) is 21.1 Å². The number of benzene rings is 21. The first kappa shape index (κ1) is 84.7. The Hall–Kier alpha value is -17.8. The van der Waals surface area contributed by atoms with Gasteiger partial charge in [-0.2, -0.15) is 10.5 Å². The van der Waals surface area contributed by atoms with Crippen LogP contribution in [0.3, 0.4) is 0 Å². The maximum atomic E-state index is 9.28. The van der Waals surface area contributed by atoms with Crippen LogP contribution >= 0.6 is 0 Å². The van der Waals surface area contributed by atoms with Crippen LogP contribution in [0.2, 0.25) is 0 Å². The second-order valence-corrected chi connectivity index (χ2v) is 33.0. The first-order chi connectivity index (χ1) is 65.5. The zero-order chi connectivity index (χ0) is 90.2. The molecule has 0 spiro atoms. The quantitative estimate of drug-likeness (QED) is 0.0705. The van der Waals surface area contributed by atoms with Crippen LogP contribution < -0.4 is 29.4 Å². The molecule has 0 radical (unpaired) electrons. The fraction of sp³-hybridized carbons (Fsp3) is 0.0240. The van der Waals surface area contributed by atoms with Gasteiger partial charge in [-0.3, -0.25) is 0 Å². The topological polar surface area (TPSA) is 67.0 Å². The van der Waals surface area contributed by atoms with Crippen molar-refractivity contribution in [3.63, 3.8) is 0 Å². The fourth-order valence-corrected chi connectivity index (χ4v) is 17.3. The molecule has 0 fully saturated rings. The third-order valence-electron chi connectivity index (χ3n) is 24.7. The number of hydrogen-bond donors (Lipinski definition) is 0. The molecule has 8 heteroatoms. The van der Waals surface area contributed by atoms with E-state index >= 15 is 0 Å². The van der Waals surface area contributed by atoms with Crippen LogP contribution in [0.4, 0.5) is 85.3 Å². The third kappa shape index (κ3) is 19.4. The Labute approximate surface area is 779 Å². The smallest absolute Gasteiger partial charge is 0.0992 e. The van der Waals surface area contributed by atoms with Gasteiger partial charge in [-0.05, 0) is 299 Å². The van der Waals surface area contributed by atoms with Crippen molar-refractivity contribution >= 4 is 118 Å². The standard InChI is InChI=1S/2C42H31N3.C41H32N2/c1-44(41-13-7-8-31(28-41)30-43)38-21-14-35(15-22-38)36-18-25-40(26-19-36)45(42-27-20-33-11-5-6-12-37(33)29-42)39-23-16-34(17-24-39)32-9-3-2-4-10-32;1-44(38-20-11-31(30-43)12-21-38)39-22-13-35(14-23-39)36-17-26-41(27-18-36)45(42-28-19-33-9-5-6-10-37(33)29-42)40-24-15-34(16-25-40)32-7-3-2-4-8-32;1-42(37-16-6-3-7-17-37)38-24-19-33(20-25-38)34-21-26-39(27-22-34)43(41-28-23-32-13-8-9-14-35(32)30-41)40-18-10-15-36(29-40)31-11-4-2-5-12-31/h2*2-29H,1H3;2-30H,1H3. The van der Waals surface area contributed by atoms with Gasteiger partial charge >= 0.3 is 0 Å². The number of para-hydroxylation sites is 1. The first-order valence-corrected chi connectivity index (χ1v) is 44.8. The minimum atomic E-state index is 0.654. The molecule has 0 saturated heterocycles. The molecule has 0 aliphatic heterocycles. The lowest BCUT2D eigenvalue weighted by Gasteiger charge is -2.26. The SMILES string of the molecule is CN(c1ccc(-c2ccc(N(c3ccc(-c4ccccc4)cc3)c3ccc4ccccc4c3)cc2)cc1)c1cccc(C#N)c1.CN(c1ccc(C#N)cc1)c1ccc(-c2ccc(N(c3ccc(-c4ccccc4)cc3)c3ccc4ccccc4c3)cc2)cc1.CN(c1ccccc1)c1ccc(-c2ccc(N(c3cccc(-c4ccccc4)c3)c3ccc4ccccc4c3)cc2)cc1. The second kappa shape index (κ2) is 39.6. The highest BCUT2D eigenvalue weighted by molar-refractivity contribution is 5.94. The maximum absolute atomic E-state index is 9.28. The molecular formula is C125H94N8. The minimum Gasteiger partial charge on any atom is -0.345 e. The molecule has 0 atom stereocenters. The molecule has 8 nitrogen and oxygen atoms in total. The van der Waals surface area contributed by atoms with Gasteiger partial charge in [0.05, 0.1) is 23.3 Å². The third-order valence-corrected chi connectivity index (χ3v) is 24.7. The summed E-state index contributed by atoms with van der Waals surface area (Å²) in [5.74, 6) is 0. The monoisotopic (exact) mass is 1710 g/mol. The average Bonchev–Trinajstić information content (AvgIpc) is 0.792. The van der Waals surface area contributed by atoms with Gasteiger partial charge in [0.15, 0.2) is 0 Å². The molecule has 0 aliphatic carbocycles. The predicted octanol–water partition coefficient (Wildman–Crippen LogP) is 34.0. The lowest BCUT2D eigenvalue weighted by molar-refractivity contribution is 1.21. The van der Waals surface area contributed by atoms with Crippen molar-refractivity contribution in [2.75, 3.05) is 50.5 Å². The number of nitriles is 2. The van der Waals surface area contributed by atoms with Crippen molar-refractivity contribution in [1.82, 2.24) is 0 Å². The Morgan fingerprint density at radius 3 is 0.654 bits per heavy atom. The van der Waals surface area contributed by atoms with E-state index in [0.29, 0.717) is 11.1 Å². The summed E-state index contributed by atoms with van der Waals surface area (Å²) in [6, 6.07) is 186. The highest BCUT2D eigenvalue weighted by atomic mass is 15.2. The van der Waals surface area contributed by atoms with Crippen LogP contribution in [0.15, 0.2) is 516 Å². The molecule has 634 valence electrons. The van der Waals surface area contributed by atoms with Crippen molar-refractivity contribution in [1.29, 1.82) is 10.5 Å². The average molecular weight is 1710 g/mol. The number of fused-ring (bicyclic) bond motifs is 3. The van der Waals surface area contributed by atoms with Gasteiger partial charge in [0.25, 0.3) is 0 Å². The molecule has 0 aliphatic rings. The highest BCUT2D eigenvalue weighted by Gasteiger charge is 2.20. The van der Waals surface area contributed by atoms with Crippen LogP contribution in [0, 0.1) is 22.7 Å². The van der Waals surface area contributed by atoms with Crippen molar-refractivity contribution in [3.8, 4) is 78.9 Å². The van der Waals surface area contributed by atoms with E-state index in [1.54, 1.807) is 0 Å². The molecule has 0 N–H and O–H groups in total. The Morgan fingerprint density at radius 2 is 0.338 bits per heavy atom. The number of hydrogen-bond acceptors (Lipinski definition) is 8. The van der Waals surface area contributed by atoms with Gasteiger partial charge in [0.2, 0.25) is 0 Å². The summed E-state index contributed by atoms with van der Waals surface area (Å²) in [4.78, 5) is 13.4. The van der Waals surface area contributed by atoms with E-state index in [2.05, 4.69) is 497 Å². The molecule has 0 amide bonds. The van der Waals surface area contributed by atoms with Crippen molar-refractivity contribution in [2.24, 2.45) is 0 Å². The molecular weight excluding hydrogens is 1610 g/mol. The molecule has 0 aromatic heterocycles. The zero-order valence-corrected chi connectivity index (χ0v) is 74.2. The second-order valence-electron chi connectivity index (χ2n) is 33.0. The summed E-state index contributed by atoms with van der Waals surface area (Å²) in [5.41, 5.74) is 32.0. The van der Waals surface area contributed by atoms with Gasteiger partial charge in [-0.25, -0.2) is 0 Å². The summed E-state index contributed by atoms with van der Waals surface area (Å²) in [6.07, 6.45) is 0. The van der Waals surface area contributed by atoms with Gasteiger partial charge in [0.1, 0.15) is 0 Å². The molecule has 133 heavy (non-hydrogen) atoms. The predicted molar refractivity (Wildman–Crippen MR) is 561 cm³/mol. The summed E-state index contributed by atoms with van der Waals surface area (Å²) in [5, 5.41) is 25.7. The van der Waals surface area contributed by atoms with Crippen LogP contribution in [0.25, 0.3) is 99.1 Å². The van der Waals surface area contributed by atoms with E-state index in [9.17, 15) is 5.26 Å². The Kier molecular flexibility index (Phi) is 25.2. The Balaban J connectivity index is 0.000000129. The lowest BCUT2D eigenvalue weighted by atomic mass is 10.0. The Bertz CT molecular complexity index is 7620. The summed E-state index contributed by atoms with van der Waals surface area (Å²) in [7, 11) is 6.17. The maximum Gasteiger partial charge on any atom is 0.0992 e. The molecule has 0 heterocycles. The van der Waals surface area contributed by atoms with Gasteiger partial charge in [0, 0.05) is 106 Å². The zero-order valence-electron chi connectivity index (χ0n) is 74.2. The van der Waals surface area contributed by atoms with E-state index in [1.165, 1.54) is 82.5 Å². The van der Waals surface area contributed by atoms with Crippen LogP contribution in [0.1, 0.15) is 11.1 Å². The fourth-order valence-electron chi connectivity index (χ4n) is 17.3. The molecule has 0 bridgehead atoms. The first-order valence-electron chi connectivity index (χ1n) is 44.8. The summed E-state index contributed by atoms with van der Waals surface area (Å²) in [6.45, 7) is 0. The van der Waals surface area contributed by atoms with Crippen molar-refractivity contribution in [2.45, 2.75) is 0 Å². The van der Waals surface area contributed by atoms with Crippen molar-refractivity contribution < 1.29 is 0 Å². The number of rotatable bonds is 21. The minimum absolute atomic E-state index is 0.654. The lowest BCUT2D eigenvalue weighted by Crippen LogP contribution is -2.10. The highest BCUT2D eigenvalue weighted by Crippen LogP contribution is 2.44. The molecule has 21 rings (SSSR count). The van der Waals surface area contributed by atoms with Crippen LogP contribution in [0.5, 0.6) is 0 Å². The van der Waals surface area contributed by atoms with Crippen molar-refractivity contribution in [3.05, 3.63) is 527 Å². The van der Waals surface area contributed by atoms with E-state index < -0.39 is 0 Å². The van der Waals surface area contributed by atoms with Gasteiger partial charge in [-0.15, -0.1) is 0 Å². The van der Waals surface area contributed by atoms with E-state index in [-0.39, 0.29) is 0 Å². The molecule has 21 aromatic rings. The summed E-state index contributed by atoms with van der Waals surface area (Å²) >= 11 is 0. The normalized spacial score (nSPS) is 10.8. The molecule has 0 unspecified atom stereocenters. The number of nitrogens with zero attached hydrogens (tertiary/aromatic N) is 8. The van der Waals surface area contributed by atoms with E-state index in [1.807, 2.05) is 80.8 Å². The van der Waals surface area contributed by atoms with Gasteiger partial charge in [-0.1, -0.05) is 315 Å². The van der Waals surface area contributed by atoms with Gasteiger partial charge < -0.3 is 29.4 Å². The van der Waals surface area contributed by atoms with Crippen LogP contribution in [-0.2, 0) is 0 Å². The largest absolute Gasteiger partial charge is 0.345 e. The van der Waals surface area contributed by atoms with E-state index in [4.69, 9.17) is 5.26 Å².